The summed E-state index contributed by atoms with van der Waals surface area (Å²) in [7, 11) is 1.47. The highest BCUT2D eigenvalue weighted by Crippen LogP contribution is 2.30. The van der Waals surface area contributed by atoms with Crippen molar-refractivity contribution in [1.82, 2.24) is 0 Å². The summed E-state index contributed by atoms with van der Waals surface area (Å²) in [6.45, 7) is 0. The maximum atomic E-state index is 13.4. The molecule has 2 amide bonds. The molecule has 0 atom stereocenters. The van der Waals surface area contributed by atoms with Crippen LogP contribution < -0.4 is 15.4 Å². The minimum absolute atomic E-state index is 0.178. The van der Waals surface area contributed by atoms with Gasteiger partial charge in [-0.1, -0.05) is 24.3 Å². The molecule has 0 spiro atoms. The van der Waals surface area contributed by atoms with E-state index in [9.17, 15) is 14.0 Å². The van der Waals surface area contributed by atoms with E-state index in [1.165, 1.54) is 36.6 Å². The quantitative estimate of drug-likeness (QED) is 0.445. The topological polar surface area (TPSA) is 67.4 Å². The number of nitrogens with one attached hydrogen (secondary N) is 2. The second kappa shape index (κ2) is 8.34. The SMILES string of the molecule is COc1ccc(NC(=O)c2cc3ccccc3s2)cc1NC(=O)c1cccc(F)c1. The second-order valence-electron chi connectivity index (χ2n) is 6.48. The molecule has 5 nitrogen and oxygen atoms in total. The van der Waals surface area contributed by atoms with Gasteiger partial charge in [-0.3, -0.25) is 9.59 Å². The van der Waals surface area contributed by atoms with Crippen molar-refractivity contribution < 1.29 is 18.7 Å². The average molecular weight is 420 g/mol. The van der Waals surface area contributed by atoms with Crippen molar-refractivity contribution in [3.05, 3.63) is 89.1 Å². The summed E-state index contributed by atoms with van der Waals surface area (Å²) in [5, 5.41) is 6.54. The monoisotopic (exact) mass is 420 g/mol. The van der Waals surface area contributed by atoms with Gasteiger partial charge in [0.05, 0.1) is 17.7 Å². The summed E-state index contributed by atoms with van der Waals surface area (Å²) in [6.07, 6.45) is 0. The van der Waals surface area contributed by atoms with E-state index in [0.717, 1.165) is 16.2 Å². The number of methoxy groups -OCH3 is 1. The third-order valence-electron chi connectivity index (χ3n) is 4.44. The van der Waals surface area contributed by atoms with Crippen molar-refractivity contribution in [1.29, 1.82) is 0 Å². The summed E-state index contributed by atoms with van der Waals surface area (Å²) < 4.78 is 19.7. The van der Waals surface area contributed by atoms with Crippen LogP contribution in [0.2, 0.25) is 0 Å². The smallest absolute Gasteiger partial charge is 0.265 e. The predicted octanol–water partition coefficient (Wildman–Crippen LogP) is 5.55. The van der Waals surface area contributed by atoms with E-state index in [1.807, 2.05) is 30.3 Å². The van der Waals surface area contributed by atoms with Crippen molar-refractivity contribution in [2.45, 2.75) is 0 Å². The fraction of sp³-hybridized carbons (Fsp3) is 0.0435. The summed E-state index contributed by atoms with van der Waals surface area (Å²) >= 11 is 1.40. The minimum atomic E-state index is -0.501. The molecule has 0 aliphatic carbocycles. The van der Waals surface area contributed by atoms with Crippen LogP contribution in [0.5, 0.6) is 5.75 Å². The van der Waals surface area contributed by atoms with Crippen LogP contribution in [0.3, 0.4) is 0 Å². The summed E-state index contributed by atoms with van der Waals surface area (Å²) in [5.41, 5.74) is 1.03. The molecule has 2 N–H and O–H groups in total. The minimum Gasteiger partial charge on any atom is -0.495 e. The molecule has 3 aromatic carbocycles. The van der Waals surface area contributed by atoms with E-state index in [2.05, 4.69) is 10.6 Å². The lowest BCUT2D eigenvalue weighted by Crippen LogP contribution is -2.14. The van der Waals surface area contributed by atoms with Crippen LogP contribution in [-0.2, 0) is 0 Å². The van der Waals surface area contributed by atoms with E-state index in [0.29, 0.717) is 22.0 Å². The summed E-state index contributed by atoms with van der Waals surface area (Å²) in [5.74, 6) is -0.817. The van der Waals surface area contributed by atoms with Gasteiger partial charge in [0.25, 0.3) is 11.8 Å². The number of amides is 2. The fourth-order valence-electron chi connectivity index (χ4n) is 2.99. The van der Waals surface area contributed by atoms with Gasteiger partial charge in [0.15, 0.2) is 0 Å². The number of thiophene rings is 1. The van der Waals surface area contributed by atoms with Crippen LogP contribution >= 0.6 is 11.3 Å². The maximum Gasteiger partial charge on any atom is 0.265 e. The molecule has 0 saturated carbocycles. The van der Waals surface area contributed by atoms with Crippen molar-refractivity contribution in [2.75, 3.05) is 17.7 Å². The zero-order chi connectivity index (χ0) is 21.1. The number of benzene rings is 3. The Hall–Kier alpha value is -3.71. The van der Waals surface area contributed by atoms with Gasteiger partial charge in [0, 0.05) is 16.0 Å². The van der Waals surface area contributed by atoms with Gasteiger partial charge in [-0.25, -0.2) is 4.39 Å². The highest BCUT2D eigenvalue weighted by Gasteiger charge is 2.14. The number of hydrogen-bond acceptors (Lipinski definition) is 4. The number of rotatable bonds is 5. The second-order valence-corrected chi connectivity index (χ2v) is 7.57. The molecule has 0 radical (unpaired) electrons. The Balaban J connectivity index is 1.56. The average Bonchev–Trinajstić information content (AvgIpc) is 3.18. The number of carbonyl (C=O) groups excluding carboxylic acids is 2. The van der Waals surface area contributed by atoms with Gasteiger partial charge in [0.2, 0.25) is 0 Å². The van der Waals surface area contributed by atoms with Gasteiger partial charge >= 0.3 is 0 Å². The Morgan fingerprint density at radius 1 is 0.900 bits per heavy atom. The molecule has 1 aromatic heterocycles. The number of ether oxygens (including phenoxy) is 1. The van der Waals surface area contributed by atoms with Crippen LogP contribution in [0.1, 0.15) is 20.0 Å². The largest absolute Gasteiger partial charge is 0.495 e. The Bertz CT molecular complexity index is 1220. The molecule has 0 unspecified atom stereocenters. The van der Waals surface area contributed by atoms with Crippen LogP contribution in [0, 0.1) is 5.82 Å². The number of halogens is 1. The third kappa shape index (κ3) is 4.16. The van der Waals surface area contributed by atoms with Crippen molar-refractivity contribution in [2.24, 2.45) is 0 Å². The summed E-state index contributed by atoms with van der Waals surface area (Å²) in [4.78, 5) is 25.7. The first-order valence-electron chi connectivity index (χ1n) is 9.08. The number of anilines is 2. The zero-order valence-electron chi connectivity index (χ0n) is 15.9. The molecule has 150 valence electrons. The molecule has 0 bridgehead atoms. The zero-order valence-corrected chi connectivity index (χ0v) is 16.8. The normalized spacial score (nSPS) is 10.6. The van der Waals surface area contributed by atoms with E-state index >= 15 is 0 Å². The lowest BCUT2D eigenvalue weighted by Gasteiger charge is -2.13. The van der Waals surface area contributed by atoms with Gasteiger partial charge < -0.3 is 15.4 Å². The van der Waals surface area contributed by atoms with E-state index in [4.69, 9.17) is 4.74 Å². The molecule has 0 aliphatic rings. The van der Waals surface area contributed by atoms with Crippen LogP contribution in [0.25, 0.3) is 10.1 Å². The molecular formula is C23H17FN2O3S. The standard InChI is InChI=1S/C23H17FN2O3S/c1-29-19-10-9-17(13-18(19)26-22(27)15-6-4-7-16(24)11-15)25-23(28)21-12-14-5-2-3-8-20(14)30-21/h2-13H,1H3,(H,25,28)(H,26,27). The molecule has 0 fully saturated rings. The molecule has 4 aromatic rings. The van der Waals surface area contributed by atoms with E-state index < -0.39 is 11.7 Å². The fourth-order valence-corrected chi connectivity index (χ4v) is 3.95. The first-order chi connectivity index (χ1) is 14.5. The first kappa shape index (κ1) is 19.6. The van der Waals surface area contributed by atoms with Crippen LogP contribution in [0.15, 0.2) is 72.8 Å². The number of carbonyl (C=O) groups is 2. The van der Waals surface area contributed by atoms with E-state index in [1.54, 1.807) is 18.2 Å². The lowest BCUT2D eigenvalue weighted by atomic mass is 10.2. The molecule has 7 heteroatoms. The molecule has 4 rings (SSSR count). The van der Waals surface area contributed by atoms with Gasteiger partial charge in [0.1, 0.15) is 11.6 Å². The maximum absolute atomic E-state index is 13.4. The predicted molar refractivity (Wildman–Crippen MR) is 117 cm³/mol. The van der Waals surface area contributed by atoms with Crippen molar-refractivity contribution >= 4 is 44.6 Å². The molecule has 0 saturated heterocycles. The van der Waals surface area contributed by atoms with Crippen molar-refractivity contribution in [3.8, 4) is 5.75 Å². The number of fused-ring (bicyclic) bond motifs is 1. The Morgan fingerprint density at radius 2 is 1.73 bits per heavy atom. The Morgan fingerprint density at radius 3 is 2.50 bits per heavy atom. The highest BCUT2D eigenvalue weighted by atomic mass is 32.1. The van der Waals surface area contributed by atoms with Gasteiger partial charge in [-0.2, -0.15) is 0 Å². The molecular weight excluding hydrogens is 403 g/mol. The highest BCUT2D eigenvalue weighted by molar-refractivity contribution is 7.20. The van der Waals surface area contributed by atoms with Gasteiger partial charge in [-0.05, 0) is 53.9 Å². The lowest BCUT2D eigenvalue weighted by molar-refractivity contribution is 0.102. The van der Waals surface area contributed by atoms with Crippen LogP contribution in [-0.4, -0.2) is 18.9 Å². The number of hydrogen-bond donors (Lipinski definition) is 2. The van der Waals surface area contributed by atoms with Crippen molar-refractivity contribution in [3.63, 3.8) is 0 Å². The third-order valence-corrected chi connectivity index (χ3v) is 5.56. The van der Waals surface area contributed by atoms with Crippen LogP contribution in [0.4, 0.5) is 15.8 Å². The summed E-state index contributed by atoms with van der Waals surface area (Å²) in [6, 6.07) is 19.9. The molecule has 0 aliphatic heterocycles. The first-order valence-corrected chi connectivity index (χ1v) is 9.90. The molecule has 30 heavy (non-hydrogen) atoms. The Labute approximate surface area is 176 Å². The van der Waals surface area contributed by atoms with Gasteiger partial charge in [-0.15, -0.1) is 11.3 Å². The van der Waals surface area contributed by atoms with E-state index in [-0.39, 0.29) is 11.5 Å². The molecule has 1 heterocycles. The Kier molecular flexibility index (Phi) is 5.45.